The summed E-state index contributed by atoms with van der Waals surface area (Å²) in [4.78, 5) is 36.0. The number of rotatable bonds is 4. The first-order chi connectivity index (χ1) is 10.0. The summed E-state index contributed by atoms with van der Waals surface area (Å²) < 4.78 is 0. The highest BCUT2D eigenvalue weighted by Gasteiger charge is 2.36. The van der Waals surface area contributed by atoms with E-state index in [1.807, 2.05) is 0 Å². The van der Waals surface area contributed by atoms with E-state index in [1.165, 1.54) is 0 Å². The van der Waals surface area contributed by atoms with Gasteiger partial charge in [-0.25, -0.2) is 9.59 Å². The van der Waals surface area contributed by atoms with E-state index in [0.29, 0.717) is 25.9 Å². The maximum Gasteiger partial charge on any atom is 0.326 e. The first-order valence-electron chi connectivity index (χ1n) is 7.19. The molecule has 21 heavy (non-hydrogen) atoms. The molecule has 2 saturated heterocycles. The standard InChI is InChI=1S/C13H21N3O5/c17-6-4-10(12(19)20)15-13(21)16-5-3-9-8(7-16)1-2-11(18)14-9/h8-10,17H,1-7H2,(H,14,18)(H,15,21)(H,19,20)/t8?,9?,10-/m1/s1. The number of aliphatic carboxylic acids is 1. The number of likely N-dealkylation sites (tertiary alicyclic amines) is 1. The van der Waals surface area contributed by atoms with Crippen LogP contribution in [0.5, 0.6) is 0 Å². The van der Waals surface area contributed by atoms with E-state index >= 15 is 0 Å². The van der Waals surface area contributed by atoms with Crippen LogP contribution in [0.2, 0.25) is 0 Å². The third-order valence-electron chi connectivity index (χ3n) is 4.12. The van der Waals surface area contributed by atoms with Crippen molar-refractivity contribution in [3.8, 4) is 0 Å². The van der Waals surface area contributed by atoms with E-state index in [4.69, 9.17) is 10.2 Å². The first-order valence-corrected chi connectivity index (χ1v) is 7.19. The number of aliphatic hydroxyl groups excluding tert-OH is 1. The Bertz CT molecular complexity index is 428. The summed E-state index contributed by atoms with van der Waals surface area (Å²) in [5.41, 5.74) is 0. The minimum Gasteiger partial charge on any atom is -0.480 e. The van der Waals surface area contributed by atoms with Gasteiger partial charge in [0.05, 0.1) is 0 Å². The van der Waals surface area contributed by atoms with Gasteiger partial charge >= 0.3 is 12.0 Å². The van der Waals surface area contributed by atoms with Crippen molar-refractivity contribution in [1.29, 1.82) is 0 Å². The Morgan fingerprint density at radius 3 is 2.86 bits per heavy atom. The van der Waals surface area contributed by atoms with Crippen LogP contribution in [0.25, 0.3) is 0 Å². The molecule has 8 heteroatoms. The average Bonchev–Trinajstić information content (AvgIpc) is 2.45. The fourth-order valence-corrected chi connectivity index (χ4v) is 2.92. The molecule has 2 aliphatic rings. The maximum absolute atomic E-state index is 12.1. The highest BCUT2D eigenvalue weighted by Crippen LogP contribution is 2.25. The number of hydrogen-bond donors (Lipinski definition) is 4. The van der Waals surface area contributed by atoms with Crippen molar-refractivity contribution in [2.75, 3.05) is 19.7 Å². The van der Waals surface area contributed by atoms with Gasteiger partial charge in [-0.1, -0.05) is 0 Å². The number of carbonyl (C=O) groups is 3. The Hall–Kier alpha value is -1.83. The van der Waals surface area contributed by atoms with Gasteiger partial charge in [0, 0.05) is 38.6 Å². The van der Waals surface area contributed by atoms with Crippen LogP contribution in [0.4, 0.5) is 4.79 Å². The lowest BCUT2D eigenvalue weighted by molar-refractivity contribution is -0.139. The summed E-state index contributed by atoms with van der Waals surface area (Å²) in [6.45, 7) is 0.703. The molecule has 0 saturated carbocycles. The van der Waals surface area contributed by atoms with Crippen molar-refractivity contribution < 1.29 is 24.6 Å². The fourth-order valence-electron chi connectivity index (χ4n) is 2.92. The van der Waals surface area contributed by atoms with Crippen molar-refractivity contribution in [2.24, 2.45) is 5.92 Å². The number of amides is 3. The van der Waals surface area contributed by atoms with Crippen molar-refractivity contribution in [3.05, 3.63) is 0 Å². The lowest BCUT2D eigenvalue weighted by atomic mass is 9.85. The van der Waals surface area contributed by atoms with E-state index in [0.717, 1.165) is 6.42 Å². The molecule has 0 bridgehead atoms. The molecule has 4 N–H and O–H groups in total. The second kappa shape index (κ2) is 6.75. The molecule has 0 radical (unpaired) electrons. The largest absolute Gasteiger partial charge is 0.480 e. The topological polar surface area (TPSA) is 119 Å². The average molecular weight is 299 g/mol. The molecular formula is C13H21N3O5. The SMILES string of the molecule is O=C1CCC2CN(C(=O)N[C@H](CCO)C(=O)O)CCC2N1. The van der Waals surface area contributed by atoms with Crippen LogP contribution >= 0.6 is 0 Å². The first kappa shape index (κ1) is 15.6. The van der Waals surface area contributed by atoms with Crippen molar-refractivity contribution >= 4 is 17.9 Å². The molecule has 3 amide bonds. The number of piperidine rings is 2. The molecule has 0 spiro atoms. The van der Waals surface area contributed by atoms with Crippen LogP contribution in [0.15, 0.2) is 0 Å². The van der Waals surface area contributed by atoms with Gasteiger partial charge in [-0.05, 0) is 18.8 Å². The minimum atomic E-state index is -1.16. The molecule has 0 aromatic rings. The summed E-state index contributed by atoms with van der Waals surface area (Å²) in [5, 5.41) is 23.2. The zero-order valence-electron chi connectivity index (χ0n) is 11.7. The number of nitrogens with one attached hydrogen (secondary N) is 2. The third-order valence-corrected chi connectivity index (χ3v) is 4.12. The highest BCUT2D eigenvalue weighted by atomic mass is 16.4. The molecule has 0 aromatic carbocycles. The van der Waals surface area contributed by atoms with Gasteiger partial charge in [0.2, 0.25) is 5.91 Å². The van der Waals surface area contributed by atoms with Crippen LogP contribution in [0.3, 0.4) is 0 Å². The van der Waals surface area contributed by atoms with E-state index in [2.05, 4.69) is 10.6 Å². The lowest BCUT2D eigenvalue weighted by Gasteiger charge is -2.41. The van der Waals surface area contributed by atoms with Crippen LogP contribution in [-0.4, -0.2) is 64.8 Å². The summed E-state index contributed by atoms with van der Waals surface area (Å²) in [6.07, 6.45) is 1.89. The normalized spacial score (nSPS) is 26.5. The molecule has 118 valence electrons. The van der Waals surface area contributed by atoms with Gasteiger partial charge in [0.1, 0.15) is 6.04 Å². The zero-order chi connectivity index (χ0) is 15.4. The molecule has 2 heterocycles. The van der Waals surface area contributed by atoms with Crippen molar-refractivity contribution in [3.63, 3.8) is 0 Å². The second-order valence-electron chi connectivity index (χ2n) is 5.56. The van der Waals surface area contributed by atoms with Crippen LogP contribution in [-0.2, 0) is 9.59 Å². The number of fused-ring (bicyclic) bond motifs is 1. The predicted octanol–water partition coefficient (Wildman–Crippen LogP) is -0.868. The molecular weight excluding hydrogens is 278 g/mol. The molecule has 3 atom stereocenters. The van der Waals surface area contributed by atoms with Gasteiger partial charge in [0.15, 0.2) is 0 Å². The molecule has 2 fully saturated rings. The number of carboxylic acid groups (broad SMARTS) is 1. The van der Waals surface area contributed by atoms with E-state index in [-0.39, 0.29) is 30.9 Å². The Balaban J connectivity index is 1.89. The van der Waals surface area contributed by atoms with Crippen molar-refractivity contribution in [1.82, 2.24) is 15.5 Å². The molecule has 2 unspecified atom stereocenters. The fraction of sp³-hybridized carbons (Fsp3) is 0.769. The van der Waals surface area contributed by atoms with E-state index < -0.39 is 18.0 Å². The zero-order valence-corrected chi connectivity index (χ0v) is 11.7. The minimum absolute atomic E-state index is 0.0168. The van der Waals surface area contributed by atoms with E-state index in [9.17, 15) is 14.4 Å². The number of carboxylic acids is 1. The molecule has 0 aliphatic carbocycles. The van der Waals surface area contributed by atoms with Crippen LogP contribution in [0.1, 0.15) is 25.7 Å². The van der Waals surface area contributed by atoms with Gasteiger partial charge in [0.25, 0.3) is 0 Å². The monoisotopic (exact) mass is 299 g/mol. The molecule has 2 aliphatic heterocycles. The molecule has 0 aromatic heterocycles. The Labute approximate surface area is 122 Å². The molecule has 8 nitrogen and oxygen atoms in total. The Morgan fingerprint density at radius 2 is 2.19 bits per heavy atom. The van der Waals surface area contributed by atoms with Crippen molar-refractivity contribution in [2.45, 2.75) is 37.8 Å². The van der Waals surface area contributed by atoms with Crippen LogP contribution < -0.4 is 10.6 Å². The number of urea groups is 1. The number of aliphatic hydroxyl groups is 1. The van der Waals surface area contributed by atoms with Crippen LogP contribution in [0, 0.1) is 5.92 Å². The Morgan fingerprint density at radius 1 is 1.43 bits per heavy atom. The van der Waals surface area contributed by atoms with Gasteiger partial charge in [-0.2, -0.15) is 0 Å². The maximum atomic E-state index is 12.1. The summed E-state index contributed by atoms with van der Waals surface area (Å²) in [7, 11) is 0. The number of carbonyl (C=O) groups excluding carboxylic acids is 2. The van der Waals surface area contributed by atoms with Gasteiger partial charge < -0.3 is 25.7 Å². The second-order valence-corrected chi connectivity index (χ2v) is 5.56. The highest BCUT2D eigenvalue weighted by molar-refractivity contribution is 5.82. The van der Waals surface area contributed by atoms with E-state index in [1.54, 1.807) is 4.90 Å². The number of hydrogen-bond acceptors (Lipinski definition) is 4. The predicted molar refractivity (Wildman–Crippen MR) is 72.5 cm³/mol. The summed E-state index contributed by atoms with van der Waals surface area (Å²) >= 11 is 0. The molecule has 2 rings (SSSR count). The third kappa shape index (κ3) is 3.84. The smallest absolute Gasteiger partial charge is 0.326 e. The summed E-state index contributed by atoms with van der Waals surface area (Å²) in [6, 6.07) is -1.39. The number of nitrogens with zero attached hydrogens (tertiary/aromatic N) is 1. The van der Waals surface area contributed by atoms with Gasteiger partial charge in [-0.15, -0.1) is 0 Å². The Kier molecular flexibility index (Phi) is 5.00. The van der Waals surface area contributed by atoms with Gasteiger partial charge in [-0.3, -0.25) is 4.79 Å². The summed E-state index contributed by atoms with van der Waals surface area (Å²) in [5.74, 6) is -0.872. The quantitative estimate of drug-likeness (QED) is 0.538. The lowest BCUT2D eigenvalue weighted by Crippen LogP contribution is -2.58.